The molecule has 2 aliphatic rings. The highest BCUT2D eigenvalue weighted by Crippen LogP contribution is 2.52. The summed E-state index contributed by atoms with van der Waals surface area (Å²) in [5, 5.41) is 3.45. The first-order valence-corrected chi connectivity index (χ1v) is 7.12. The smallest absolute Gasteiger partial charge is 0.126 e. The maximum Gasteiger partial charge on any atom is 0.126 e. The van der Waals surface area contributed by atoms with Gasteiger partial charge in [-0.25, -0.2) is 0 Å². The number of fused-ring (bicyclic) bond motifs is 1. The molecule has 98 valence electrons. The molecule has 0 saturated heterocycles. The Morgan fingerprint density at radius 1 is 1.39 bits per heavy atom. The van der Waals surface area contributed by atoms with Crippen molar-refractivity contribution in [3.8, 4) is 5.75 Å². The lowest BCUT2D eigenvalue weighted by Crippen LogP contribution is -2.24. The standard InChI is InChI=1S/C16H23NO/c1-4-17-10-12-8-14(12)13-7-5-6-11-9-16(2,3)18-15(11)13/h5-7,12,14,17H,4,8-10H2,1-3H3. The highest BCUT2D eigenvalue weighted by Gasteiger charge is 2.42. The van der Waals surface area contributed by atoms with E-state index in [1.165, 1.54) is 23.3 Å². The van der Waals surface area contributed by atoms with Crippen molar-refractivity contribution in [2.24, 2.45) is 5.92 Å². The van der Waals surface area contributed by atoms with Crippen LogP contribution in [0.5, 0.6) is 5.75 Å². The third-order valence-electron chi connectivity index (χ3n) is 4.10. The van der Waals surface area contributed by atoms with Crippen molar-refractivity contribution in [1.82, 2.24) is 5.32 Å². The molecule has 2 nitrogen and oxygen atoms in total. The Balaban J connectivity index is 1.78. The van der Waals surface area contributed by atoms with E-state index in [1.807, 2.05) is 0 Å². The molecule has 2 heteroatoms. The van der Waals surface area contributed by atoms with Crippen molar-refractivity contribution in [3.63, 3.8) is 0 Å². The van der Waals surface area contributed by atoms with E-state index in [2.05, 4.69) is 44.3 Å². The van der Waals surface area contributed by atoms with Crippen molar-refractivity contribution in [2.45, 2.75) is 45.1 Å². The predicted octanol–water partition coefficient (Wildman–Crippen LogP) is 3.11. The molecule has 0 bridgehead atoms. The first kappa shape index (κ1) is 12.0. The zero-order valence-corrected chi connectivity index (χ0v) is 11.6. The molecule has 1 aromatic carbocycles. The van der Waals surface area contributed by atoms with Crippen LogP contribution in [0.2, 0.25) is 0 Å². The van der Waals surface area contributed by atoms with Gasteiger partial charge >= 0.3 is 0 Å². The molecule has 3 rings (SSSR count). The Morgan fingerprint density at radius 2 is 2.22 bits per heavy atom. The number of nitrogens with one attached hydrogen (secondary N) is 1. The third kappa shape index (κ3) is 2.14. The molecule has 0 aromatic heterocycles. The van der Waals surface area contributed by atoms with Crippen LogP contribution in [0.3, 0.4) is 0 Å². The van der Waals surface area contributed by atoms with Gasteiger partial charge in [-0.15, -0.1) is 0 Å². The summed E-state index contributed by atoms with van der Waals surface area (Å²) in [5.41, 5.74) is 2.82. The highest BCUT2D eigenvalue weighted by molar-refractivity contribution is 5.49. The zero-order chi connectivity index (χ0) is 12.8. The lowest BCUT2D eigenvalue weighted by molar-refractivity contribution is 0.137. The van der Waals surface area contributed by atoms with Crippen LogP contribution < -0.4 is 10.1 Å². The SMILES string of the molecule is CCNCC1CC1c1cccc2c1OC(C)(C)C2. The lowest BCUT2D eigenvalue weighted by atomic mass is 9.99. The summed E-state index contributed by atoms with van der Waals surface area (Å²) in [7, 11) is 0. The molecule has 18 heavy (non-hydrogen) atoms. The topological polar surface area (TPSA) is 21.3 Å². The molecular weight excluding hydrogens is 222 g/mol. The van der Waals surface area contributed by atoms with E-state index in [0.29, 0.717) is 5.92 Å². The van der Waals surface area contributed by atoms with E-state index < -0.39 is 0 Å². The van der Waals surface area contributed by atoms with Crippen molar-refractivity contribution < 1.29 is 4.74 Å². The van der Waals surface area contributed by atoms with Crippen LogP contribution in [0.4, 0.5) is 0 Å². The quantitative estimate of drug-likeness (QED) is 0.880. The van der Waals surface area contributed by atoms with Crippen molar-refractivity contribution in [3.05, 3.63) is 29.3 Å². The van der Waals surface area contributed by atoms with E-state index >= 15 is 0 Å². The largest absolute Gasteiger partial charge is 0.487 e. The van der Waals surface area contributed by atoms with E-state index in [9.17, 15) is 0 Å². The van der Waals surface area contributed by atoms with Crippen molar-refractivity contribution >= 4 is 0 Å². The Labute approximate surface area is 110 Å². The fourth-order valence-electron chi connectivity index (χ4n) is 3.12. The first-order valence-electron chi connectivity index (χ1n) is 7.12. The van der Waals surface area contributed by atoms with E-state index in [4.69, 9.17) is 4.74 Å². The Bertz CT molecular complexity index is 452. The summed E-state index contributed by atoms with van der Waals surface area (Å²) in [5.74, 6) is 2.71. The summed E-state index contributed by atoms with van der Waals surface area (Å²) >= 11 is 0. The number of hydrogen-bond donors (Lipinski definition) is 1. The molecule has 0 amide bonds. The number of hydrogen-bond acceptors (Lipinski definition) is 2. The minimum absolute atomic E-state index is 0.0233. The predicted molar refractivity (Wildman–Crippen MR) is 74.2 cm³/mol. The van der Waals surface area contributed by atoms with Gasteiger partial charge in [-0.05, 0) is 56.3 Å². The second-order valence-corrected chi connectivity index (χ2v) is 6.28. The van der Waals surface area contributed by atoms with Crippen molar-refractivity contribution in [2.75, 3.05) is 13.1 Å². The second-order valence-electron chi connectivity index (χ2n) is 6.28. The Kier molecular flexibility index (Phi) is 2.86. The van der Waals surface area contributed by atoms with Crippen LogP contribution >= 0.6 is 0 Å². The molecule has 1 aliphatic heterocycles. The maximum atomic E-state index is 6.16. The van der Waals surface area contributed by atoms with Gasteiger partial charge in [0.1, 0.15) is 11.4 Å². The maximum absolute atomic E-state index is 6.16. The van der Waals surface area contributed by atoms with Gasteiger partial charge in [0.25, 0.3) is 0 Å². The van der Waals surface area contributed by atoms with Gasteiger partial charge in [-0.2, -0.15) is 0 Å². The number of para-hydroxylation sites is 1. The van der Waals surface area contributed by atoms with E-state index in [0.717, 1.165) is 25.4 Å². The van der Waals surface area contributed by atoms with Crippen LogP contribution in [-0.4, -0.2) is 18.7 Å². The number of ether oxygens (including phenoxy) is 1. The summed E-state index contributed by atoms with van der Waals surface area (Å²) in [6, 6.07) is 6.67. The van der Waals surface area contributed by atoms with Crippen LogP contribution in [0.1, 0.15) is 44.2 Å². The molecule has 1 aliphatic carbocycles. The van der Waals surface area contributed by atoms with Gasteiger partial charge in [0.05, 0.1) is 0 Å². The van der Waals surface area contributed by atoms with Crippen LogP contribution in [0, 0.1) is 5.92 Å². The van der Waals surface area contributed by atoms with Gasteiger partial charge in [0.2, 0.25) is 0 Å². The van der Waals surface area contributed by atoms with Gasteiger partial charge in [0, 0.05) is 6.42 Å². The first-order chi connectivity index (χ1) is 8.61. The highest BCUT2D eigenvalue weighted by atomic mass is 16.5. The van der Waals surface area contributed by atoms with E-state index in [-0.39, 0.29) is 5.60 Å². The molecule has 0 spiro atoms. The van der Waals surface area contributed by atoms with E-state index in [1.54, 1.807) is 0 Å². The molecule has 1 fully saturated rings. The number of rotatable bonds is 4. The monoisotopic (exact) mass is 245 g/mol. The third-order valence-corrected chi connectivity index (χ3v) is 4.10. The fourth-order valence-corrected chi connectivity index (χ4v) is 3.12. The van der Waals surface area contributed by atoms with Gasteiger partial charge in [0.15, 0.2) is 0 Å². The van der Waals surface area contributed by atoms with Crippen LogP contribution in [-0.2, 0) is 6.42 Å². The molecule has 2 unspecified atom stereocenters. The molecular formula is C16H23NO. The van der Waals surface area contributed by atoms with Crippen LogP contribution in [0.25, 0.3) is 0 Å². The molecule has 1 saturated carbocycles. The minimum Gasteiger partial charge on any atom is -0.487 e. The van der Waals surface area contributed by atoms with Crippen LogP contribution in [0.15, 0.2) is 18.2 Å². The number of benzene rings is 1. The molecule has 1 aromatic rings. The van der Waals surface area contributed by atoms with Gasteiger partial charge in [-0.1, -0.05) is 25.1 Å². The average molecular weight is 245 g/mol. The van der Waals surface area contributed by atoms with Crippen molar-refractivity contribution in [1.29, 1.82) is 0 Å². The zero-order valence-electron chi connectivity index (χ0n) is 11.6. The molecule has 2 atom stereocenters. The van der Waals surface area contributed by atoms with Gasteiger partial charge in [-0.3, -0.25) is 0 Å². The fraction of sp³-hybridized carbons (Fsp3) is 0.625. The minimum atomic E-state index is -0.0233. The molecule has 1 N–H and O–H groups in total. The summed E-state index contributed by atoms with van der Waals surface area (Å²) in [6.45, 7) is 8.75. The summed E-state index contributed by atoms with van der Waals surface area (Å²) < 4.78 is 6.16. The second kappa shape index (κ2) is 4.27. The average Bonchev–Trinajstić information content (AvgIpc) is 3.00. The van der Waals surface area contributed by atoms with Gasteiger partial charge < -0.3 is 10.1 Å². The molecule has 1 heterocycles. The Morgan fingerprint density at radius 3 is 3.00 bits per heavy atom. The summed E-state index contributed by atoms with van der Waals surface area (Å²) in [4.78, 5) is 0. The molecule has 0 radical (unpaired) electrons. The Hall–Kier alpha value is -1.02. The normalized spacial score (nSPS) is 27.7. The summed E-state index contributed by atoms with van der Waals surface area (Å²) in [6.07, 6.45) is 2.36. The lowest BCUT2D eigenvalue weighted by Gasteiger charge is -2.18.